The maximum Gasteiger partial charge on any atom is 0.339 e. The first-order chi connectivity index (χ1) is 11.6. The van der Waals surface area contributed by atoms with Crippen molar-refractivity contribution in [2.24, 2.45) is 0 Å². The average Bonchev–Trinajstić information content (AvgIpc) is 2.50. The Morgan fingerprint density at radius 3 is 2.44 bits per heavy atom. The van der Waals surface area contributed by atoms with Gasteiger partial charge in [0.05, 0.1) is 4.90 Å². The van der Waals surface area contributed by atoms with E-state index in [2.05, 4.69) is 4.74 Å². The zero-order valence-electron chi connectivity index (χ0n) is 12.9. The monoisotopic (exact) mass is 376 g/mol. The van der Waals surface area contributed by atoms with Gasteiger partial charge >= 0.3 is 11.9 Å². The topological polar surface area (TPSA) is 168 Å². The number of aliphatic hydroxyl groups is 1. The largest absolute Gasteiger partial charge is 0.504 e. The van der Waals surface area contributed by atoms with Crippen molar-refractivity contribution in [3.05, 3.63) is 29.8 Å². The molecule has 1 atom stereocenters. The van der Waals surface area contributed by atoms with Crippen LogP contribution in [0.3, 0.4) is 0 Å². The van der Waals surface area contributed by atoms with Gasteiger partial charge in [0.25, 0.3) is 10.1 Å². The van der Waals surface area contributed by atoms with Crippen LogP contribution < -0.4 is 4.74 Å². The highest BCUT2D eigenvalue weighted by Crippen LogP contribution is 2.33. The molecule has 0 bridgehead atoms. The summed E-state index contributed by atoms with van der Waals surface area (Å²) in [6.45, 7) is 0.587. The lowest BCUT2D eigenvalue weighted by Gasteiger charge is -2.14. The minimum Gasteiger partial charge on any atom is -0.504 e. The molecule has 1 unspecified atom stereocenters. The molecule has 11 heteroatoms. The van der Waals surface area contributed by atoms with Gasteiger partial charge in [0, 0.05) is 12.1 Å². The molecule has 10 nitrogen and oxygen atoms in total. The third-order valence-corrected chi connectivity index (χ3v) is 3.56. The number of aliphatic hydroxyl groups excluding tert-OH is 1. The van der Waals surface area contributed by atoms with Gasteiger partial charge in [-0.2, -0.15) is 8.42 Å². The first-order valence-corrected chi connectivity index (χ1v) is 8.18. The van der Waals surface area contributed by atoms with E-state index < -0.39 is 63.3 Å². The van der Waals surface area contributed by atoms with Crippen LogP contribution in [-0.2, 0) is 19.6 Å². The van der Waals surface area contributed by atoms with Gasteiger partial charge in [-0.3, -0.25) is 4.55 Å². The molecule has 0 aromatic heterocycles. The Bertz CT molecular complexity index is 781. The Morgan fingerprint density at radius 1 is 1.28 bits per heavy atom. The van der Waals surface area contributed by atoms with E-state index in [0.717, 1.165) is 6.08 Å². The summed E-state index contributed by atoms with van der Waals surface area (Å²) in [6, 6.07) is 1.24. The van der Waals surface area contributed by atoms with Crippen LogP contribution in [0.25, 0.3) is 0 Å². The zero-order valence-corrected chi connectivity index (χ0v) is 13.8. The van der Waals surface area contributed by atoms with Gasteiger partial charge in [0.15, 0.2) is 11.5 Å². The molecule has 0 aliphatic rings. The molecule has 1 aromatic rings. The Kier molecular flexibility index (Phi) is 6.91. The highest BCUT2D eigenvalue weighted by molar-refractivity contribution is 7.85. The molecule has 0 spiro atoms. The molecule has 25 heavy (non-hydrogen) atoms. The highest BCUT2D eigenvalue weighted by Gasteiger charge is 2.22. The Morgan fingerprint density at radius 2 is 1.92 bits per heavy atom. The zero-order chi connectivity index (χ0) is 19.2. The van der Waals surface area contributed by atoms with Crippen LogP contribution in [0, 0.1) is 0 Å². The quantitative estimate of drug-likeness (QED) is 0.279. The SMILES string of the molecule is CC=CC(=O)OCC(O)COc1cc(S(=O)(=O)O)cc(C(=O)O)c1O. The van der Waals surface area contributed by atoms with Gasteiger partial charge in [-0.05, 0) is 13.0 Å². The van der Waals surface area contributed by atoms with Crippen LogP contribution in [0.15, 0.2) is 29.2 Å². The number of allylic oxidation sites excluding steroid dienone is 1. The van der Waals surface area contributed by atoms with Gasteiger partial charge in [-0.25, -0.2) is 9.59 Å². The molecule has 0 saturated heterocycles. The number of phenols is 1. The third-order valence-electron chi connectivity index (χ3n) is 2.73. The maximum atomic E-state index is 11.2. The molecule has 4 N–H and O–H groups in total. The van der Waals surface area contributed by atoms with E-state index in [0.29, 0.717) is 12.1 Å². The number of aromatic carboxylic acids is 1. The molecule has 0 fully saturated rings. The predicted molar refractivity (Wildman–Crippen MR) is 82.2 cm³/mol. The van der Waals surface area contributed by atoms with E-state index >= 15 is 0 Å². The summed E-state index contributed by atoms with van der Waals surface area (Å²) in [5.74, 6) is -3.84. The van der Waals surface area contributed by atoms with Crippen molar-refractivity contribution in [2.45, 2.75) is 17.9 Å². The number of carboxylic acid groups (broad SMARTS) is 1. The lowest BCUT2D eigenvalue weighted by Crippen LogP contribution is -2.25. The van der Waals surface area contributed by atoms with E-state index in [-0.39, 0.29) is 0 Å². The molecular weight excluding hydrogens is 360 g/mol. The van der Waals surface area contributed by atoms with Crippen LogP contribution >= 0.6 is 0 Å². The van der Waals surface area contributed by atoms with Gasteiger partial charge in [0.2, 0.25) is 0 Å². The number of hydrogen-bond donors (Lipinski definition) is 4. The minimum absolute atomic E-state index is 0.451. The van der Waals surface area contributed by atoms with E-state index in [1.165, 1.54) is 6.08 Å². The molecule has 0 heterocycles. The Hall–Kier alpha value is -2.63. The van der Waals surface area contributed by atoms with Crippen LogP contribution in [0.2, 0.25) is 0 Å². The fraction of sp³-hybridized carbons (Fsp3) is 0.286. The summed E-state index contributed by atoms with van der Waals surface area (Å²) in [5.41, 5.74) is -0.820. The molecule has 138 valence electrons. The number of aromatic hydroxyl groups is 1. The van der Waals surface area contributed by atoms with Crippen molar-refractivity contribution < 1.29 is 47.4 Å². The second-order valence-corrected chi connectivity index (χ2v) is 6.11. The number of ether oxygens (including phenoxy) is 2. The minimum atomic E-state index is -4.76. The summed E-state index contributed by atoms with van der Waals surface area (Å²) in [6.07, 6.45) is 1.21. The number of benzene rings is 1. The lowest BCUT2D eigenvalue weighted by atomic mass is 10.2. The molecule has 0 aliphatic heterocycles. The highest BCUT2D eigenvalue weighted by atomic mass is 32.2. The number of rotatable bonds is 8. The summed E-state index contributed by atoms with van der Waals surface area (Å²) in [5, 5.41) is 28.4. The summed E-state index contributed by atoms with van der Waals surface area (Å²) in [4.78, 5) is 21.3. The summed E-state index contributed by atoms with van der Waals surface area (Å²) >= 11 is 0. The third kappa shape index (κ3) is 6.06. The summed E-state index contributed by atoms with van der Waals surface area (Å²) < 4.78 is 41.0. The molecule has 1 aromatic carbocycles. The second-order valence-electron chi connectivity index (χ2n) is 4.69. The maximum absolute atomic E-state index is 11.2. The van der Waals surface area contributed by atoms with Crippen LogP contribution in [0.5, 0.6) is 11.5 Å². The average molecular weight is 376 g/mol. The lowest BCUT2D eigenvalue weighted by molar-refractivity contribution is -0.141. The van der Waals surface area contributed by atoms with Gasteiger partial charge in [-0.15, -0.1) is 0 Å². The van der Waals surface area contributed by atoms with Crippen LogP contribution in [0.1, 0.15) is 17.3 Å². The molecule has 0 amide bonds. The van der Waals surface area contributed by atoms with E-state index in [1.54, 1.807) is 6.92 Å². The van der Waals surface area contributed by atoms with E-state index in [1.807, 2.05) is 0 Å². The van der Waals surface area contributed by atoms with Crippen molar-refractivity contribution in [1.29, 1.82) is 0 Å². The molecule has 0 aliphatic carbocycles. The van der Waals surface area contributed by atoms with E-state index in [4.69, 9.17) is 14.4 Å². The number of carbonyl (C=O) groups excluding carboxylic acids is 1. The number of esters is 1. The Balaban J connectivity index is 2.92. The molecule has 0 saturated carbocycles. The predicted octanol–water partition coefficient (Wildman–Crippen LogP) is 0.196. The standard InChI is InChI=1S/C14H16O10S/c1-2-3-12(16)24-7-8(15)6-23-11-5-9(25(20,21)22)4-10(13(11)17)14(18)19/h2-5,8,15,17H,6-7H2,1H3,(H,18,19)(H,20,21,22). The van der Waals surface area contributed by atoms with Crippen LogP contribution in [-0.4, -0.2) is 59.5 Å². The molecule has 0 radical (unpaired) electrons. The smallest absolute Gasteiger partial charge is 0.339 e. The normalized spacial score (nSPS) is 12.8. The Labute approximate surface area is 142 Å². The second kappa shape index (κ2) is 8.46. The first kappa shape index (κ1) is 20.4. The fourth-order valence-electron chi connectivity index (χ4n) is 1.60. The van der Waals surface area contributed by atoms with Gasteiger partial charge < -0.3 is 24.8 Å². The van der Waals surface area contributed by atoms with E-state index in [9.17, 15) is 28.2 Å². The van der Waals surface area contributed by atoms with Crippen molar-refractivity contribution in [3.8, 4) is 11.5 Å². The van der Waals surface area contributed by atoms with Crippen molar-refractivity contribution >= 4 is 22.1 Å². The van der Waals surface area contributed by atoms with Crippen LogP contribution in [0.4, 0.5) is 0 Å². The summed E-state index contributed by atoms with van der Waals surface area (Å²) in [7, 11) is -4.76. The number of carbonyl (C=O) groups is 2. The number of carboxylic acids is 1. The first-order valence-electron chi connectivity index (χ1n) is 6.74. The molecule has 1 rings (SSSR count). The number of hydrogen-bond acceptors (Lipinski definition) is 8. The molecular formula is C14H16O10S. The fourth-order valence-corrected chi connectivity index (χ4v) is 2.12. The van der Waals surface area contributed by atoms with Gasteiger partial charge in [-0.1, -0.05) is 6.08 Å². The van der Waals surface area contributed by atoms with Gasteiger partial charge in [0.1, 0.15) is 24.9 Å². The van der Waals surface area contributed by atoms with Crippen molar-refractivity contribution in [2.75, 3.05) is 13.2 Å². The van der Waals surface area contributed by atoms with Crippen molar-refractivity contribution in [3.63, 3.8) is 0 Å². The van der Waals surface area contributed by atoms with Crippen molar-refractivity contribution in [1.82, 2.24) is 0 Å².